The molecule has 0 aliphatic heterocycles. The van der Waals surface area contributed by atoms with Gasteiger partial charge in [-0.2, -0.15) is 5.10 Å². The molecule has 1 rings (SSSR count). The molecule has 0 aliphatic carbocycles. The van der Waals surface area contributed by atoms with Crippen LogP contribution in [0, 0.1) is 6.92 Å². The van der Waals surface area contributed by atoms with Gasteiger partial charge < -0.3 is 10.1 Å². The number of anilines is 1. The van der Waals surface area contributed by atoms with Gasteiger partial charge in [-0.05, 0) is 34.6 Å². The predicted molar refractivity (Wildman–Crippen MR) is 71.8 cm³/mol. The number of esters is 1. The van der Waals surface area contributed by atoms with E-state index in [0.29, 0.717) is 5.82 Å². The number of nitrogens with one attached hydrogen (secondary N) is 1. The molecule has 1 amide bonds. The van der Waals surface area contributed by atoms with Gasteiger partial charge in [0.25, 0.3) is 0 Å². The fourth-order valence-corrected chi connectivity index (χ4v) is 1.63. The molecule has 0 fully saturated rings. The van der Waals surface area contributed by atoms with Crippen molar-refractivity contribution >= 4 is 17.7 Å². The lowest BCUT2D eigenvalue weighted by molar-refractivity contribution is -0.145. The summed E-state index contributed by atoms with van der Waals surface area (Å²) >= 11 is 0. The number of carbonyl (C=O) groups excluding carboxylic acids is 2. The van der Waals surface area contributed by atoms with Crippen LogP contribution in [0.3, 0.4) is 0 Å². The van der Waals surface area contributed by atoms with Crippen molar-refractivity contribution in [3.05, 3.63) is 11.8 Å². The molecular formula is C13H21N3O3. The third-order valence-corrected chi connectivity index (χ3v) is 2.34. The Bertz CT molecular complexity index is 472. The first-order chi connectivity index (χ1) is 8.74. The van der Waals surface area contributed by atoms with Crippen molar-refractivity contribution in [2.24, 2.45) is 0 Å². The number of ether oxygens (including phenoxy) is 1. The summed E-state index contributed by atoms with van der Waals surface area (Å²) in [5.41, 5.74) is 0.558. The van der Waals surface area contributed by atoms with Gasteiger partial charge in [0.2, 0.25) is 5.91 Å². The minimum Gasteiger partial charge on any atom is -0.466 e. The average Bonchev–Trinajstić information content (AvgIpc) is 2.58. The molecule has 0 aliphatic rings. The normalized spacial score (nSPS) is 11.2. The van der Waals surface area contributed by atoms with Crippen LogP contribution in [-0.2, 0) is 19.9 Å². The van der Waals surface area contributed by atoms with E-state index in [-0.39, 0.29) is 18.6 Å². The molecule has 19 heavy (non-hydrogen) atoms. The largest absolute Gasteiger partial charge is 0.466 e. The minimum atomic E-state index is -0.529. The van der Waals surface area contributed by atoms with Gasteiger partial charge in [-0.3, -0.25) is 9.59 Å². The molecule has 0 aromatic carbocycles. The zero-order valence-electron chi connectivity index (χ0n) is 12.1. The molecule has 0 unspecified atom stereocenters. The van der Waals surface area contributed by atoms with Crippen LogP contribution in [-0.4, -0.2) is 28.3 Å². The van der Waals surface area contributed by atoms with E-state index >= 15 is 0 Å². The first-order valence-electron chi connectivity index (χ1n) is 6.26. The summed E-state index contributed by atoms with van der Waals surface area (Å²) in [4.78, 5) is 23.0. The van der Waals surface area contributed by atoms with E-state index in [0.717, 1.165) is 5.69 Å². The number of nitrogens with zero attached hydrogens (tertiary/aromatic N) is 2. The molecule has 106 valence electrons. The van der Waals surface area contributed by atoms with E-state index in [1.165, 1.54) is 0 Å². The molecule has 1 N–H and O–H groups in total. The Kier molecular flexibility index (Phi) is 4.69. The molecule has 0 spiro atoms. The van der Waals surface area contributed by atoms with Crippen molar-refractivity contribution in [3.63, 3.8) is 0 Å². The van der Waals surface area contributed by atoms with Crippen LogP contribution in [0.4, 0.5) is 5.82 Å². The van der Waals surface area contributed by atoms with Crippen molar-refractivity contribution in [2.75, 3.05) is 11.9 Å². The highest BCUT2D eigenvalue weighted by molar-refractivity contribution is 6.01. The van der Waals surface area contributed by atoms with E-state index in [1.54, 1.807) is 17.7 Å². The van der Waals surface area contributed by atoms with Crippen molar-refractivity contribution in [3.8, 4) is 0 Å². The lowest BCUT2D eigenvalue weighted by Gasteiger charge is -2.22. The number of carbonyl (C=O) groups is 2. The van der Waals surface area contributed by atoms with Crippen LogP contribution in [0.25, 0.3) is 0 Å². The van der Waals surface area contributed by atoms with Crippen molar-refractivity contribution in [1.29, 1.82) is 0 Å². The van der Waals surface area contributed by atoms with Gasteiger partial charge in [-0.1, -0.05) is 0 Å². The highest BCUT2D eigenvalue weighted by Crippen LogP contribution is 2.21. The van der Waals surface area contributed by atoms with Gasteiger partial charge in [0, 0.05) is 6.07 Å². The maximum atomic E-state index is 11.7. The van der Waals surface area contributed by atoms with Crippen LogP contribution in [0.2, 0.25) is 0 Å². The summed E-state index contributed by atoms with van der Waals surface area (Å²) in [6, 6.07) is 1.77. The van der Waals surface area contributed by atoms with Crippen LogP contribution < -0.4 is 5.32 Å². The van der Waals surface area contributed by atoms with Gasteiger partial charge in [-0.25, -0.2) is 4.68 Å². The molecular weight excluding hydrogens is 246 g/mol. The van der Waals surface area contributed by atoms with Crippen molar-refractivity contribution in [2.45, 2.75) is 46.6 Å². The molecule has 0 saturated heterocycles. The zero-order valence-corrected chi connectivity index (χ0v) is 12.1. The molecule has 0 bridgehead atoms. The SMILES string of the molecule is CCOC(=O)CC(=O)Nc1cc(C)nn1C(C)(C)C. The lowest BCUT2D eigenvalue weighted by Crippen LogP contribution is -2.27. The molecule has 6 heteroatoms. The molecule has 0 radical (unpaired) electrons. The van der Waals surface area contributed by atoms with Crippen LogP contribution >= 0.6 is 0 Å². The number of aryl methyl sites for hydroxylation is 1. The standard InChI is InChI=1S/C13H21N3O3/c1-6-19-12(18)8-11(17)14-10-7-9(2)15-16(10)13(3,4)5/h7H,6,8H2,1-5H3,(H,14,17). The number of aromatic nitrogens is 2. The van der Waals surface area contributed by atoms with Gasteiger partial charge in [0.05, 0.1) is 17.8 Å². The number of amides is 1. The Balaban J connectivity index is 2.77. The first-order valence-corrected chi connectivity index (χ1v) is 6.26. The van der Waals surface area contributed by atoms with Gasteiger partial charge in [0.1, 0.15) is 12.2 Å². The highest BCUT2D eigenvalue weighted by atomic mass is 16.5. The van der Waals surface area contributed by atoms with E-state index in [2.05, 4.69) is 10.4 Å². The highest BCUT2D eigenvalue weighted by Gasteiger charge is 2.20. The third-order valence-electron chi connectivity index (χ3n) is 2.34. The van der Waals surface area contributed by atoms with Crippen molar-refractivity contribution in [1.82, 2.24) is 9.78 Å². The predicted octanol–water partition coefficient (Wildman–Crippen LogP) is 1.84. The van der Waals surface area contributed by atoms with Gasteiger partial charge >= 0.3 is 5.97 Å². The summed E-state index contributed by atoms with van der Waals surface area (Å²) < 4.78 is 6.46. The molecule has 0 saturated carbocycles. The quantitative estimate of drug-likeness (QED) is 0.667. The third kappa shape index (κ3) is 4.39. The summed E-state index contributed by atoms with van der Waals surface area (Å²) in [6.45, 7) is 9.78. The minimum absolute atomic E-state index is 0.249. The van der Waals surface area contributed by atoms with Crippen molar-refractivity contribution < 1.29 is 14.3 Å². The van der Waals surface area contributed by atoms with E-state index in [9.17, 15) is 9.59 Å². The maximum absolute atomic E-state index is 11.7. The topological polar surface area (TPSA) is 73.2 Å². The van der Waals surface area contributed by atoms with E-state index < -0.39 is 11.9 Å². The smallest absolute Gasteiger partial charge is 0.315 e. The second-order valence-corrected chi connectivity index (χ2v) is 5.28. The monoisotopic (exact) mass is 267 g/mol. The van der Waals surface area contributed by atoms with Crippen LogP contribution in [0.1, 0.15) is 39.8 Å². The average molecular weight is 267 g/mol. The Morgan fingerprint density at radius 2 is 2.05 bits per heavy atom. The molecule has 6 nitrogen and oxygen atoms in total. The zero-order chi connectivity index (χ0) is 14.6. The summed E-state index contributed by atoms with van der Waals surface area (Å²) in [5.74, 6) is -0.346. The first kappa shape index (κ1) is 15.2. The molecule has 1 heterocycles. The Hall–Kier alpha value is -1.85. The molecule has 1 aromatic rings. The summed E-state index contributed by atoms with van der Waals surface area (Å²) in [7, 11) is 0. The maximum Gasteiger partial charge on any atom is 0.315 e. The van der Waals surface area contributed by atoms with Crippen LogP contribution in [0.15, 0.2) is 6.07 Å². The number of rotatable bonds is 4. The fourth-order valence-electron chi connectivity index (χ4n) is 1.63. The lowest BCUT2D eigenvalue weighted by atomic mass is 10.1. The second-order valence-electron chi connectivity index (χ2n) is 5.28. The summed E-state index contributed by atoms with van der Waals surface area (Å²) in [6.07, 6.45) is -0.289. The van der Waals surface area contributed by atoms with E-state index in [4.69, 9.17) is 4.74 Å². The summed E-state index contributed by atoms with van der Waals surface area (Å²) in [5, 5.41) is 7.02. The molecule has 0 atom stereocenters. The molecule has 1 aromatic heterocycles. The van der Waals surface area contributed by atoms with Gasteiger partial charge in [0.15, 0.2) is 0 Å². The van der Waals surface area contributed by atoms with Crippen LogP contribution in [0.5, 0.6) is 0 Å². The Morgan fingerprint density at radius 3 is 2.58 bits per heavy atom. The Labute approximate surface area is 113 Å². The fraction of sp³-hybridized carbons (Fsp3) is 0.615. The van der Waals surface area contributed by atoms with E-state index in [1.807, 2.05) is 27.7 Å². The Morgan fingerprint density at radius 1 is 1.42 bits per heavy atom. The number of hydrogen-bond donors (Lipinski definition) is 1. The number of hydrogen-bond acceptors (Lipinski definition) is 4. The van der Waals surface area contributed by atoms with Gasteiger partial charge in [-0.15, -0.1) is 0 Å². The second kappa shape index (κ2) is 5.86.